The first-order valence-electron chi connectivity index (χ1n) is 8.75. The Hall–Kier alpha value is -1.85. The molecule has 23 heavy (non-hydrogen) atoms. The second kappa shape index (κ2) is 7.62. The summed E-state index contributed by atoms with van der Waals surface area (Å²) in [6.07, 6.45) is 5.79. The lowest BCUT2D eigenvalue weighted by atomic mass is 10.0. The first kappa shape index (κ1) is 16.0. The van der Waals surface area contributed by atoms with Crippen LogP contribution in [0.1, 0.15) is 39.0 Å². The smallest absolute Gasteiger partial charge is 0.233 e. The van der Waals surface area contributed by atoms with Gasteiger partial charge < -0.3 is 14.5 Å². The van der Waals surface area contributed by atoms with E-state index in [9.17, 15) is 4.79 Å². The van der Waals surface area contributed by atoms with E-state index in [1.54, 1.807) is 0 Å². The highest BCUT2D eigenvalue weighted by atomic mass is 16.5. The molecule has 6 heteroatoms. The summed E-state index contributed by atoms with van der Waals surface area (Å²) in [6.45, 7) is 5.71. The second-order valence-corrected chi connectivity index (χ2v) is 6.39. The van der Waals surface area contributed by atoms with E-state index in [1.807, 2.05) is 24.0 Å². The lowest BCUT2D eigenvalue weighted by molar-refractivity contribution is -0.132. The Morgan fingerprint density at radius 1 is 1.17 bits per heavy atom. The van der Waals surface area contributed by atoms with E-state index in [0.717, 1.165) is 38.4 Å². The normalized spacial score (nSPS) is 19.2. The van der Waals surface area contributed by atoms with Crippen LogP contribution >= 0.6 is 0 Å². The molecule has 2 fully saturated rings. The van der Waals surface area contributed by atoms with Gasteiger partial charge in [-0.3, -0.25) is 4.79 Å². The van der Waals surface area contributed by atoms with Gasteiger partial charge in [-0.1, -0.05) is 12.8 Å². The number of piperazine rings is 1. The van der Waals surface area contributed by atoms with Crippen molar-refractivity contribution in [3.63, 3.8) is 0 Å². The molecule has 0 N–H and O–H groups in total. The molecule has 1 aromatic heterocycles. The summed E-state index contributed by atoms with van der Waals surface area (Å²) in [5, 5.41) is 8.29. The van der Waals surface area contributed by atoms with E-state index < -0.39 is 0 Å². The minimum Gasteiger partial charge on any atom is -0.477 e. The van der Waals surface area contributed by atoms with Crippen molar-refractivity contribution in [1.82, 2.24) is 15.1 Å². The SMILES string of the molecule is CCOc1ccc(N2CCN(C(=O)CC3CCCC3)CC2)nn1. The van der Waals surface area contributed by atoms with Gasteiger partial charge in [0.15, 0.2) is 5.82 Å². The summed E-state index contributed by atoms with van der Waals surface area (Å²) in [4.78, 5) is 16.6. The molecule has 1 aliphatic carbocycles. The zero-order chi connectivity index (χ0) is 16.1. The van der Waals surface area contributed by atoms with E-state index >= 15 is 0 Å². The zero-order valence-corrected chi connectivity index (χ0v) is 13.9. The lowest BCUT2D eigenvalue weighted by Gasteiger charge is -2.35. The third-order valence-electron chi connectivity index (χ3n) is 4.81. The van der Waals surface area contributed by atoms with Crippen LogP contribution in [0.2, 0.25) is 0 Å². The van der Waals surface area contributed by atoms with Crippen LogP contribution in [0.4, 0.5) is 5.82 Å². The van der Waals surface area contributed by atoms with Crippen LogP contribution in [-0.2, 0) is 4.79 Å². The Bertz CT molecular complexity index is 506. The number of nitrogens with zero attached hydrogens (tertiary/aromatic N) is 4. The average molecular weight is 318 g/mol. The minimum absolute atomic E-state index is 0.328. The van der Waals surface area contributed by atoms with Crippen molar-refractivity contribution in [3.8, 4) is 5.88 Å². The number of aromatic nitrogens is 2. The van der Waals surface area contributed by atoms with E-state index in [1.165, 1.54) is 25.7 Å². The summed E-state index contributed by atoms with van der Waals surface area (Å²) in [5.41, 5.74) is 0. The summed E-state index contributed by atoms with van der Waals surface area (Å²) >= 11 is 0. The van der Waals surface area contributed by atoms with Crippen molar-refractivity contribution >= 4 is 11.7 Å². The number of amides is 1. The number of ether oxygens (including phenoxy) is 1. The molecule has 6 nitrogen and oxygen atoms in total. The highest BCUT2D eigenvalue weighted by molar-refractivity contribution is 5.76. The van der Waals surface area contributed by atoms with E-state index in [0.29, 0.717) is 24.3 Å². The van der Waals surface area contributed by atoms with Crippen molar-refractivity contribution in [2.75, 3.05) is 37.7 Å². The van der Waals surface area contributed by atoms with Gasteiger partial charge in [-0.05, 0) is 31.7 Å². The molecule has 1 amide bonds. The van der Waals surface area contributed by atoms with Crippen LogP contribution in [0.15, 0.2) is 12.1 Å². The van der Waals surface area contributed by atoms with Crippen molar-refractivity contribution in [2.24, 2.45) is 5.92 Å². The predicted molar refractivity (Wildman–Crippen MR) is 88.6 cm³/mol. The molecular weight excluding hydrogens is 292 g/mol. The van der Waals surface area contributed by atoms with Gasteiger partial charge >= 0.3 is 0 Å². The van der Waals surface area contributed by atoms with Crippen LogP contribution in [0.3, 0.4) is 0 Å². The summed E-state index contributed by atoms with van der Waals surface area (Å²) < 4.78 is 5.31. The fraction of sp³-hybridized carbons (Fsp3) is 0.706. The van der Waals surface area contributed by atoms with Crippen molar-refractivity contribution in [3.05, 3.63) is 12.1 Å². The first-order chi connectivity index (χ1) is 11.3. The van der Waals surface area contributed by atoms with E-state index in [4.69, 9.17) is 4.74 Å². The molecule has 1 aliphatic heterocycles. The maximum Gasteiger partial charge on any atom is 0.233 e. The molecule has 0 aromatic carbocycles. The minimum atomic E-state index is 0.328. The Labute approximate surface area is 137 Å². The molecule has 0 spiro atoms. The average Bonchev–Trinajstić information content (AvgIpc) is 3.09. The molecule has 0 radical (unpaired) electrons. The summed E-state index contributed by atoms with van der Waals surface area (Å²) in [7, 11) is 0. The topological polar surface area (TPSA) is 58.6 Å². The third-order valence-corrected chi connectivity index (χ3v) is 4.81. The number of rotatable bonds is 5. The quantitative estimate of drug-likeness (QED) is 0.832. The van der Waals surface area contributed by atoms with E-state index in [-0.39, 0.29) is 0 Å². The van der Waals surface area contributed by atoms with Crippen molar-refractivity contribution in [2.45, 2.75) is 39.0 Å². The highest BCUT2D eigenvalue weighted by Crippen LogP contribution is 2.28. The molecule has 0 unspecified atom stereocenters. The maximum absolute atomic E-state index is 12.4. The lowest BCUT2D eigenvalue weighted by Crippen LogP contribution is -2.49. The number of carbonyl (C=O) groups is 1. The van der Waals surface area contributed by atoms with Gasteiger partial charge in [0.2, 0.25) is 11.8 Å². The monoisotopic (exact) mass is 318 g/mol. The van der Waals surface area contributed by atoms with Crippen molar-refractivity contribution in [1.29, 1.82) is 0 Å². The molecule has 1 saturated heterocycles. The molecule has 2 heterocycles. The van der Waals surface area contributed by atoms with Crippen LogP contribution in [0.25, 0.3) is 0 Å². The molecule has 126 valence electrons. The fourth-order valence-electron chi connectivity index (χ4n) is 3.48. The number of carbonyl (C=O) groups excluding carboxylic acids is 1. The summed E-state index contributed by atoms with van der Waals surface area (Å²) in [5.74, 6) is 2.37. The highest BCUT2D eigenvalue weighted by Gasteiger charge is 2.25. The Balaban J connectivity index is 1.48. The number of anilines is 1. The molecule has 3 rings (SSSR count). The maximum atomic E-state index is 12.4. The Morgan fingerprint density at radius 2 is 1.91 bits per heavy atom. The molecule has 1 aromatic rings. The van der Waals surface area contributed by atoms with Gasteiger partial charge in [0, 0.05) is 38.7 Å². The van der Waals surface area contributed by atoms with Gasteiger partial charge in [0.05, 0.1) is 6.61 Å². The molecule has 0 atom stereocenters. The van der Waals surface area contributed by atoms with Gasteiger partial charge in [0.25, 0.3) is 0 Å². The van der Waals surface area contributed by atoms with Crippen LogP contribution < -0.4 is 9.64 Å². The first-order valence-corrected chi connectivity index (χ1v) is 8.75. The van der Waals surface area contributed by atoms with Gasteiger partial charge in [-0.25, -0.2) is 0 Å². The van der Waals surface area contributed by atoms with Gasteiger partial charge in [-0.15, -0.1) is 10.2 Å². The molecule has 0 bridgehead atoms. The van der Waals surface area contributed by atoms with Gasteiger partial charge in [-0.2, -0.15) is 0 Å². The molecular formula is C17H26N4O2. The zero-order valence-electron chi connectivity index (χ0n) is 13.9. The predicted octanol–water partition coefficient (Wildman–Crippen LogP) is 2.10. The summed E-state index contributed by atoms with van der Waals surface area (Å²) in [6, 6.07) is 3.79. The fourth-order valence-corrected chi connectivity index (χ4v) is 3.48. The standard InChI is InChI=1S/C17H26N4O2/c1-2-23-16-8-7-15(18-19-16)20-9-11-21(12-10-20)17(22)13-14-5-3-4-6-14/h7-8,14H,2-6,9-13H2,1H3. The number of hydrogen-bond donors (Lipinski definition) is 0. The van der Waals surface area contributed by atoms with Crippen LogP contribution in [-0.4, -0.2) is 53.8 Å². The second-order valence-electron chi connectivity index (χ2n) is 6.39. The van der Waals surface area contributed by atoms with E-state index in [2.05, 4.69) is 15.1 Å². The van der Waals surface area contributed by atoms with Crippen LogP contribution in [0, 0.1) is 5.92 Å². The molecule has 2 aliphatic rings. The van der Waals surface area contributed by atoms with Crippen molar-refractivity contribution < 1.29 is 9.53 Å². The third kappa shape index (κ3) is 4.12. The van der Waals surface area contributed by atoms with Gasteiger partial charge in [0.1, 0.15) is 0 Å². The Morgan fingerprint density at radius 3 is 2.52 bits per heavy atom. The largest absolute Gasteiger partial charge is 0.477 e. The molecule has 1 saturated carbocycles. The van der Waals surface area contributed by atoms with Crippen LogP contribution in [0.5, 0.6) is 5.88 Å². The Kier molecular flexibility index (Phi) is 5.31. The number of hydrogen-bond acceptors (Lipinski definition) is 5.